The van der Waals surface area contributed by atoms with E-state index >= 15 is 0 Å². The smallest absolute Gasteiger partial charge is 0.115 e. The summed E-state index contributed by atoms with van der Waals surface area (Å²) in [6.45, 7) is 0. The Hall–Kier alpha value is -2.29. The maximum Gasteiger partial charge on any atom is 0.115 e. The highest BCUT2D eigenvalue weighted by molar-refractivity contribution is 6.06. The average Bonchev–Trinajstić information content (AvgIpc) is 2.47. The molecule has 19 heavy (non-hydrogen) atoms. The predicted octanol–water partition coefficient (Wildman–Crippen LogP) is 3.30. The largest absolute Gasteiger partial charge is 0.508 e. The molecule has 0 spiro atoms. The molecule has 0 saturated carbocycles. The van der Waals surface area contributed by atoms with Crippen molar-refractivity contribution in [3.05, 3.63) is 65.2 Å². The molecule has 0 heterocycles. The molecule has 0 radical (unpaired) electrons. The van der Waals surface area contributed by atoms with Gasteiger partial charge in [0, 0.05) is 11.5 Å². The molecule has 3 heteroatoms. The van der Waals surface area contributed by atoms with Crippen molar-refractivity contribution in [2.24, 2.45) is 5.16 Å². The minimum absolute atomic E-state index is 0.0838. The number of nitrogens with zero attached hydrogens (tertiary/aromatic N) is 1. The zero-order valence-corrected chi connectivity index (χ0v) is 10.5. The van der Waals surface area contributed by atoms with Crippen LogP contribution in [0.1, 0.15) is 29.0 Å². The van der Waals surface area contributed by atoms with Gasteiger partial charge in [-0.3, -0.25) is 0 Å². The second-order valence-electron chi connectivity index (χ2n) is 4.83. The van der Waals surface area contributed by atoms with E-state index in [0.717, 1.165) is 24.0 Å². The molecule has 0 aliphatic heterocycles. The molecular formula is C16H15NO2. The normalized spacial score (nSPS) is 20.2. The van der Waals surface area contributed by atoms with Crippen molar-refractivity contribution in [1.82, 2.24) is 0 Å². The third kappa shape index (κ3) is 2.08. The van der Waals surface area contributed by atoms with Gasteiger partial charge in [-0.25, -0.2) is 0 Å². The lowest BCUT2D eigenvalue weighted by molar-refractivity contribution is 0.316. The van der Waals surface area contributed by atoms with E-state index < -0.39 is 0 Å². The van der Waals surface area contributed by atoms with Crippen LogP contribution >= 0.6 is 0 Å². The molecule has 0 amide bonds. The first-order valence-corrected chi connectivity index (χ1v) is 6.39. The second-order valence-corrected chi connectivity index (χ2v) is 4.83. The van der Waals surface area contributed by atoms with E-state index in [2.05, 4.69) is 11.2 Å². The van der Waals surface area contributed by atoms with Crippen LogP contribution in [0.2, 0.25) is 0 Å². The van der Waals surface area contributed by atoms with Gasteiger partial charge in [0.1, 0.15) is 5.75 Å². The Bertz CT molecular complexity index is 617. The minimum Gasteiger partial charge on any atom is -0.508 e. The summed E-state index contributed by atoms with van der Waals surface area (Å²) in [5.74, 6) is 0.336. The fourth-order valence-electron chi connectivity index (χ4n) is 2.77. The number of benzene rings is 2. The third-order valence-corrected chi connectivity index (χ3v) is 3.73. The molecule has 0 bridgehead atoms. The first-order valence-electron chi connectivity index (χ1n) is 6.39. The van der Waals surface area contributed by atoms with Gasteiger partial charge in [-0.15, -0.1) is 0 Å². The highest BCUT2D eigenvalue weighted by Crippen LogP contribution is 2.33. The fourth-order valence-corrected chi connectivity index (χ4v) is 2.77. The lowest BCUT2D eigenvalue weighted by atomic mass is 9.78. The molecule has 96 valence electrons. The van der Waals surface area contributed by atoms with Crippen LogP contribution in [-0.2, 0) is 6.42 Å². The zero-order valence-electron chi connectivity index (χ0n) is 10.5. The molecule has 1 aliphatic carbocycles. The number of aryl methyl sites for hydroxylation is 1. The molecule has 2 aromatic carbocycles. The topological polar surface area (TPSA) is 52.8 Å². The lowest BCUT2D eigenvalue weighted by Gasteiger charge is -2.26. The van der Waals surface area contributed by atoms with Gasteiger partial charge in [0.05, 0.1) is 5.71 Å². The molecule has 2 N–H and O–H groups in total. The van der Waals surface area contributed by atoms with Crippen LogP contribution in [0, 0.1) is 0 Å². The van der Waals surface area contributed by atoms with Crippen LogP contribution < -0.4 is 0 Å². The maximum atomic E-state index is 9.36. The highest BCUT2D eigenvalue weighted by atomic mass is 16.4. The number of oxime groups is 1. The summed E-state index contributed by atoms with van der Waals surface area (Å²) in [4.78, 5) is 0. The Labute approximate surface area is 111 Å². The molecule has 0 unspecified atom stereocenters. The summed E-state index contributed by atoms with van der Waals surface area (Å²) < 4.78 is 0. The van der Waals surface area contributed by atoms with E-state index in [-0.39, 0.29) is 11.7 Å². The van der Waals surface area contributed by atoms with Gasteiger partial charge in [0.25, 0.3) is 0 Å². The molecule has 0 saturated heterocycles. The average molecular weight is 253 g/mol. The summed E-state index contributed by atoms with van der Waals surface area (Å²) in [7, 11) is 0. The molecule has 0 fully saturated rings. The standard InChI is InChI=1S/C16H15NO2/c18-13-8-5-12(6-9-13)15-10-7-11-3-1-2-4-14(11)16(15)17-19/h1-6,8-9,15,18-19H,7,10H2/b17-16-/t15-/m0/s1. The van der Waals surface area contributed by atoms with E-state index in [1.807, 2.05) is 30.3 Å². The molecular weight excluding hydrogens is 238 g/mol. The third-order valence-electron chi connectivity index (χ3n) is 3.73. The van der Waals surface area contributed by atoms with E-state index in [1.165, 1.54) is 5.56 Å². The quantitative estimate of drug-likeness (QED) is 0.605. The summed E-state index contributed by atoms with van der Waals surface area (Å²) in [5, 5.41) is 22.2. The van der Waals surface area contributed by atoms with Crippen molar-refractivity contribution in [3.63, 3.8) is 0 Å². The Kier molecular flexibility index (Phi) is 2.95. The molecule has 3 rings (SSSR count). The fraction of sp³-hybridized carbons (Fsp3) is 0.188. The van der Waals surface area contributed by atoms with Crippen molar-refractivity contribution in [1.29, 1.82) is 0 Å². The minimum atomic E-state index is 0.0838. The van der Waals surface area contributed by atoms with Crippen LogP contribution in [0.4, 0.5) is 0 Å². The SMILES string of the molecule is O/N=C1/c2ccccc2CC[C@H]1c1ccc(O)cc1. The van der Waals surface area contributed by atoms with Gasteiger partial charge in [0.2, 0.25) is 0 Å². The van der Waals surface area contributed by atoms with Crippen molar-refractivity contribution < 1.29 is 10.3 Å². The summed E-state index contributed by atoms with van der Waals surface area (Å²) in [6, 6.07) is 15.2. The van der Waals surface area contributed by atoms with E-state index in [0.29, 0.717) is 5.71 Å². The molecule has 0 aromatic heterocycles. The summed E-state index contributed by atoms with van der Waals surface area (Å²) >= 11 is 0. The molecule has 2 aromatic rings. The zero-order chi connectivity index (χ0) is 13.2. The molecule has 3 nitrogen and oxygen atoms in total. The predicted molar refractivity (Wildman–Crippen MR) is 73.9 cm³/mol. The number of phenols is 1. The number of hydrogen-bond acceptors (Lipinski definition) is 3. The number of rotatable bonds is 1. The van der Waals surface area contributed by atoms with Crippen molar-refractivity contribution in [3.8, 4) is 5.75 Å². The van der Waals surface area contributed by atoms with Crippen LogP contribution in [0.25, 0.3) is 0 Å². The monoisotopic (exact) mass is 253 g/mol. The highest BCUT2D eigenvalue weighted by Gasteiger charge is 2.27. The van der Waals surface area contributed by atoms with Gasteiger partial charge in [-0.1, -0.05) is 41.6 Å². The Balaban J connectivity index is 2.03. The van der Waals surface area contributed by atoms with E-state index in [4.69, 9.17) is 0 Å². The Morgan fingerprint density at radius 3 is 2.47 bits per heavy atom. The molecule has 1 aliphatic rings. The number of fused-ring (bicyclic) bond motifs is 1. The first kappa shape index (κ1) is 11.8. The summed E-state index contributed by atoms with van der Waals surface area (Å²) in [5.41, 5.74) is 4.03. The van der Waals surface area contributed by atoms with Gasteiger partial charge in [0.15, 0.2) is 0 Å². The number of phenolic OH excluding ortho intramolecular Hbond substituents is 1. The summed E-state index contributed by atoms with van der Waals surface area (Å²) in [6.07, 6.45) is 1.89. The van der Waals surface area contributed by atoms with Crippen LogP contribution in [0.3, 0.4) is 0 Å². The number of hydrogen-bond donors (Lipinski definition) is 2. The maximum absolute atomic E-state index is 9.36. The van der Waals surface area contributed by atoms with Crippen molar-refractivity contribution in [2.75, 3.05) is 0 Å². The van der Waals surface area contributed by atoms with Gasteiger partial charge in [-0.05, 0) is 36.1 Å². The second kappa shape index (κ2) is 4.76. The van der Waals surface area contributed by atoms with Crippen molar-refractivity contribution in [2.45, 2.75) is 18.8 Å². The van der Waals surface area contributed by atoms with Crippen LogP contribution in [0.5, 0.6) is 5.75 Å². The van der Waals surface area contributed by atoms with Crippen molar-refractivity contribution >= 4 is 5.71 Å². The molecule has 1 atom stereocenters. The van der Waals surface area contributed by atoms with Gasteiger partial charge >= 0.3 is 0 Å². The van der Waals surface area contributed by atoms with E-state index in [9.17, 15) is 10.3 Å². The first-order chi connectivity index (χ1) is 9.29. The van der Waals surface area contributed by atoms with E-state index in [1.54, 1.807) is 12.1 Å². The lowest BCUT2D eigenvalue weighted by Crippen LogP contribution is -2.21. The van der Waals surface area contributed by atoms with Gasteiger partial charge in [-0.2, -0.15) is 0 Å². The Morgan fingerprint density at radius 1 is 1.00 bits per heavy atom. The van der Waals surface area contributed by atoms with Gasteiger partial charge < -0.3 is 10.3 Å². The van der Waals surface area contributed by atoms with Crippen LogP contribution in [0.15, 0.2) is 53.7 Å². The number of aromatic hydroxyl groups is 1. The Morgan fingerprint density at radius 2 is 1.74 bits per heavy atom. The van der Waals surface area contributed by atoms with Crippen LogP contribution in [-0.4, -0.2) is 16.0 Å².